The second kappa shape index (κ2) is 14.9. The van der Waals surface area contributed by atoms with Crippen LogP contribution < -0.4 is 25.5 Å². The first kappa shape index (κ1) is 30.4. The maximum absolute atomic E-state index is 12.9. The highest BCUT2D eigenvalue weighted by molar-refractivity contribution is 9.10. The van der Waals surface area contributed by atoms with Crippen LogP contribution in [0.4, 0.5) is 5.69 Å². The number of amides is 3. The van der Waals surface area contributed by atoms with Crippen molar-refractivity contribution in [1.82, 2.24) is 10.7 Å². The van der Waals surface area contributed by atoms with Crippen molar-refractivity contribution < 1.29 is 28.7 Å². The number of anilines is 1. The number of nitrogens with one attached hydrogen (secondary N) is 3. The van der Waals surface area contributed by atoms with Gasteiger partial charge in [-0.25, -0.2) is 10.2 Å². The largest absolute Gasteiger partial charge is 0.494 e. The van der Waals surface area contributed by atoms with Crippen molar-refractivity contribution in [1.29, 1.82) is 0 Å². The molecule has 3 aromatic carbocycles. The van der Waals surface area contributed by atoms with E-state index in [1.54, 1.807) is 66.7 Å². The fourth-order valence-electron chi connectivity index (χ4n) is 4.42. The van der Waals surface area contributed by atoms with Gasteiger partial charge in [0.05, 0.1) is 29.6 Å². The lowest BCUT2D eigenvalue weighted by Gasteiger charge is -2.23. The molecule has 0 saturated heterocycles. The van der Waals surface area contributed by atoms with E-state index in [1.165, 1.54) is 6.21 Å². The lowest BCUT2D eigenvalue weighted by atomic mass is 9.95. The van der Waals surface area contributed by atoms with Crippen molar-refractivity contribution >= 4 is 51.5 Å². The van der Waals surface area contributed by atoms with Crippen LogP contribution >= 0.6 is 15.9 Å². The molecule has 0 aromatic heterocycles. The molecule has 10 nitrogen and oxygen atoms in total. The van der Waals surface area contributed by atoms with Crippen LogP contribution in [0.25, 0.3) is 0 Å². The molecule has 0 aliphatic heterocycles. The quantitative estimate of drug-likeness (QED) is 0.0971. The summed E-state index contributed by atoms with van der Waals surface area (Å²) in [5.74, 6) is -2.12. The standard InChI is InChI=1S/C31H31BrN4O6/c1-2-41-24-15-12-20(13-16-24)31(40)42-27-17-14-22(32)18-21(27)19-33-36-30(39)29(38)35-26-11-7-6-10-25(26)28(37)34-23-8-4-3-5-9-23/h6-7,10-19,23H,2-5,8-9H2,1H3,(H,34,37)(H,35,38)(H,36,39)/b33-19+. The van der Waals surface area contributed by atoms with Crippen molar-refractivity contribution in [2.24, 2.45) is 5.10 Å². The van der Waals surface area contributed by atoms with Crippen LogP contribution in [-0.2, 0) is 9.59 Å². The van der Waals surface area contributed by atoms with Crippen LogP contribution in [0.1, 0.15) is 65.3 Å². The molecule has 218 valence electrons. The van der Waals surface area contributed by atoms with E-state index in [1.807, 2.05) is 6.92 Å². The van der Waals surface area contributed by atoms with Gasteiger partial charge in [-0.05, 0) is 74.4 Å². The maximum atomic E-state index is 12.9. The van der Waals surface area contributed by atoms with Gasteiger partial charge in [-0.2, -0.15) is 5.10 Å². The first-order valence-electron chi connectivity index (χ1n) is 13.6. The fraction of sp³-hybridized carbons (Fsp3) is 0.258. The van der Waals surface area contributed by atoms with E-state index in [4.69, 9.17) is 9.47 Å². The molecular formula is C31H31BrN4O6. The van der Waals surface area contributed by atoms with Crippen LogP contribution in [0.5, 0.6) is 11.5 Å². The molecule has 1 aliphatic rings. The van der Waals surface area contributed by atoms with Gasteiger partial charge < -0.3 is 20.1 Å². The Labute approximate surface area is 252 Å². The number of esters is 1. The molecule has 0 unspecified atom stereocenters. The number of benzene rings is 3. The number of carbonyl (C=O) groups excluding carboxylic acids is 4. The summed E-state index contributed by atoms with van der Waals surface area (Å²) in [6.07, 6.45) is 6.38. The zero-order valence-corrected chi connectivity index (χ0v) is 24.6. The Balaban J connectivity index is 1.37. The van der Waals surface area contributed by atoms with Crippen molar-refractivity contribution in [3.8, 4) is 11.5 Å². The van der Waals surface area contributed by atoms with Gasteiger partial charge >= 0.3 is 17.8 Å². The van der Waals surface area contributed by atoms with E-state index in [-0.39, 0.29) is 28.9 Å². The fourth-order valence-corrected chi connectivity index (χ4v) is 4.80. The first-order valence-corrected chi connectivity index (χ1v) is 14.4. The summed E-state index contributed by atoms with van der Waals surface area (Å²) < 4.78 is 11.6. The number of nitrogens with zero attached hydrogens (tertiary/aromatic N) is 1. The number of rotatable bonds is 9. The van der Waals surface area contributed by atoms with Crippen molar-refractivity contribution in [3.05, 3.63) is 87.9 Å². The molecule has 0 heterocycles. The monoisotopic (exact) mass is 634 g/mol. The molecule has 0 spiro atoms. The van der Waals surface area contributed by atoms with Gasteiger partial charge in [0.25, 0.3) is 5.91 Å². The van der Waals surface area contributed by atoms with E-state index in [0.717, 1.165) is 32.1 Å². The van der Waals surface area contributed by atoms with Crippen molar-refractivity contribution in [2.75, 3.05) is 11.9 Å². The van der Waals surface area contributed by atoms with E-state index in [0.29, 0.717) is 28.0 Å². The minimum atomic E-state index is -1.04. The number of hydrogen-bond acceptors (Lipinski definition) is 7. The van der Waals surface area contributed by atoms with Crippen molar-refractivity contribution in [3.63, 3.8) is 0 Å². The number of ether oxygens (including phenoxy) is 2. The minimum absolute atomic E-state index is 0.0933. The third-order valence-electron chi connectivity index (χ3n) is 6.51. The Morgan fingerprint density at radius 2 is 1.69 bits per heavy atom. The number of carbonyl (C=O) groups is 4. The molecular weight excluding hydrogens is 604 g/mol. The van der Waals surface area contributed by atoms with Crippen LogP contribution in [0.3, 0.4) is 0 Å². The van der Waals surface area contributed by atoms with E-state index in [9.17, 15) is 19.2 Å². The summed E-state index contributed by atoms with van der Waals surface area (Å²) in [5, 5.41) is 9.35. The highest BCUT2D eigenvalue weighted by Gasteiger charge is 2.21. The second-order valence-corrected chi connectivity index (χ2v) is 10.5. The zero-order valence-electron chi connectivity index (χ0n) is 23.0. The van der Waals surface area contributed by atoms with E-state index >= 15 is 0 Å². The lowest BCUT2D eigenvalue weighted by Crippen LogP contribution is -2.37. The Kier molecular flexibility index (Phi) is 10.8. The average Bonchev–Trinajstić information content (AvgIpc) is 2.99. The molecule has 3 aromatic rings. The van der Waals surface area contributed by atoms with Gasteiger partial charge in [0.1, 0.15) is 11.5 Å². The predicted octanol–water partition coefficient (Wildman–Crippen LogP) is 5.22. The summed E-state index contributed by atoms with van der Waals surface area (Å²) in [6.45, 7) is 2.38. The molecule has 0 radical (unpaired) electrons. The smallest absolute Gasteiger partial charge is 0.343 e. The topological polar surface area (TPSA) is 135 Å². The average molecular weight is 636 g/mol. The van der Waals surface area contributed by atoms with Gasteiger partial charge in [0, 0.05) is 16.1 Å². The molecule has 0 atom stereocenters. The van der Waals surface area contributed by atoms with Gasteiger partial charge in [-0.3, -0.25) is 14.4 Å². The van der Waals surface area contributed by atoms with Gasteiger partial charge in [-0.15, -0.1) is 0 Å². The number of para-hydroxylation sites is 1. The molecule has 0 bridgehead atoms. The molecule has 3 amide bonds. The third kappa shape index (κ3) is 8.50. The molecule has 1 saturated carbocycles. The highest BCUT2D eigenvalue weighted by Crippen LogP contribution is 2.24. The zero-order chi connectivity index (χ0) is 29.9. The Morgan fingerprint density at radius 1 is 0.952 bits per heavy atom. The Morgan fingerprint density at radius 3 is 2.43 bits per heavy atom. The van der Waals surface area contributed by atoms with Crippen LogP contribution in [0.15, 0.2) is 76.3 Å². The second-order valence-electron chi connectivity index (χ2n) is 9.54. The normalized spacial score (nSPS) is 13.3. The first-order chi connectivity index (χ1) is 20.3. The molecule has 11 heteroatoms. The highest BCUT2D eigenvalue weighted by atomic mass is 79.9. The summed E-state index contributed by atoms with van der Waals surface area (Å²) >= 11 is 3.36. The Hall–Kier alpha value is -4.51. The molecule has 3 N–H and O–H groups in total. The predicted molar refractivity (Wildman–Crippen MR) is 162 cm³/mol. The van der Waals surface area contributed by atoms with E-state index in [2.05, 4.69) is 37.1 Å². The van der Waals surface area contributed by atoms with Gasteiger partial charge in [-0.1, -0.05) is 47.3 Å². The van der Waals surface area contributed by atoms with Crippen LogP contribution in [-0.4, -0.2) is 42.6 Å². The van der Waals surface area contributed by atoms with Gasteiger partial charge in [0.15, 0.2) is 0 Å². The summed E-state index contributed by atoms with van der Waals surface area (Å²) in [6, 6.07) is 18.0. The summed E-state index contributed by atoms with van der Waals surface area (Å²) in [4.78, 5) is 50.6. The third-order valence-corrected chi connectivity index (χ3v) is 7.01. The summed E-state index contributed by atoms with van der Waals surface area (Å²) in [7, 11) is 0. The van der Waals surface area contributed by atoms with Gasteiger partial charge in [0.2, 0.25) is 0 Å². The van der Waals surface area contributed by atoms with Crippen LogP contribution in [0, 0.1) is 0 Å². The molecule has 42 heavy (non-hydrogen) atoms. The number of hydrogen-bond donors (Lipinski definition) is 3. The number of hydrazone groups is 1. The summed E-state index contributed by atoms with van der Waals surface area (Å²) in [5.41, 5.74) is 3.33. The number of halogens is 1. The molecule has 4 rings (SSSR count). The van der Waals surface area contributed by atoms with Crippen LogP contribution in [0.2, 0.25) is 0 Å². The Bertz CT molecular complexity index is 1470. The maximum Gasteiger partial charge on any atom is 0.343 e. The van der Waals surface area contributed by atoms with E-state index < -0.39 is 17.8 Å². The lowest BCUT2D eigenvalue weighted by molar-refractivity contribution is -0.136. The SMILES string of the molecule is CCOc1ccc(C(=O)Oc2ccc(Br)cc2/C=N/NC(=O)C(=O)Nc2ccccc2C(=O)NC2CCCCC2)cc1. The molecule has 1 aliphatic carbocycles. The van der Waals surface area contributed by atoms with Crippen molar-refractivity contribution in [2.45, 2.75) is 45.1 Å². The molecule has 1 fully saturated rings. The minimum Gasteiger partial charge on any atom is -0.494 e.